The molecule has 0 spiro atoms. The molecule has 4 nitrogen and oxygen atoms in total. The second-order valence-corrected chi connectivity index (χ2v) is 5.83. The molecular weight excluding hydrogens is 327 g/mol. The van der Waals surface area contributed by atoms with Gasteiger partial charge in [-0.2, -0.15) is 5.10 Å². The Morgan fingerprint density at radius 1 is 1.41 bits per heavy atom. The van der Waals surface area contributed by atoms with Crippen molar-refractivity contribution in [3.05, 3.63) is 9.26 Å². The molecule has 1 atom stereocenters. The van der Waals surface area contributed by atoms with Crippen molar-refractivity contribution in [3.63, 3.8) is 0 Å². The molecule has 1 aliphatic rings. The largest absolute Gasteiger partial charge is 0.383 e. The summed E-state index contributed by atoms with van der Waals surface area (Å²) in [6.07, 6.45) is 3.60. The number of nitrogens with zero attached hydrogens (tertiary/aromatic N) is 3. The van der Waals surface area contributed by atoms with Crippen molar-refractivity contribution in [1.82, 2.24) is 14.7 Å². The van der Waals surface area contributed by atoms with Gasteiger partial charge in [0, 0.05) is 6.54 Å². The van der Waals surface area contributed by atoms with Crippen LogP contribution in [0.5, 0.6) is 0 Å². The zero-order valence-corrected chi connectivity index (χ0v) is 12.8. The van der Waals surface area contributed by atoms with Crippen LogP contribution in [0.15, 0.2) is 0 Å². The fraction of sp³-hybridized carbons (Fsp3) is 0.750. The van der Waals surface area contributed by atoms with Crippen LogP contribution in [0, 0.1) is 10.5 Å². The van der Waals surface area contributed by atoms with E-state index in [4.69, 9.17) is 5.73 Å². The second-order valence-electron chi connectivity index (χ2n) is 4.75. The molecule has 0 saturated carbocycles. The Bertz CT molecular complexity index is 388. The summed E-state index contributed by atoms with van der Waals surface area (Å²) in [6, 6.07) is 0.480. The molecule has 5 heteroatoms. The lowest BCUT2D eigenvalue weighted by molar-refractivity contribution is 0.294. The van der Waals surface area contributed by atoms with Crippen LogP contribution in [0.2, 0.25) is 0 Å². The molecule has 1 aromatic rings. The number of rotatable bonds is 2. The molecule has 1 aliphatic heterocycles. The molecule has 0 bridgehead atoms. The summed E-state index contributed by atoms with van der Waals surface area (Å²) >= 11 is 2.29. The SMILES string of the molecule is CCN1CCCC(n2nc(C)c(I)c2N)CC1. The Labute approximate surface area is 117 Å². The number of nitrogens with two attached hydrogens (primary N) is 1. The molecule has 2 N–H and O–H groups in total. The summed E-state index contributed by atoms with van der Waals surface area (Å²) in [5.41, 5.74) is 7.19. The summed E-state index contributed by atoms with van der Waals surface area (Å²) in [4.78, 5) is 2.51. The first-order chi connectivity index (χ1) is 8.13. The highest BCUT2D eigenvalue weighted by Crippen LogP contribution is 2.28. The third kappa shape index (κ3) is 2.76. The predicted octanol–water partition coefficient (Wildman–Crippen LogP) is 2.43. The summed E-state index contributed by atoms with van der Waals surface area (Å²) in [7, 11) is 0. The van der Waals surface area contributed by atoms with E-state index in [2.05, 4.69) is 44.2 Å². The molecule has 17 heavy (non-hydrogen) atoms. The van der Waals surface area contributed by atoms with E-state index in [1.54, 1.807) is 0 Å². The van der Waals surface area contributed by atoms with Gasteiger partial charge in [-0.25, -0.2) is 4.68 Å². The quantitative estimate of drug-likeness (QED) is 0.835. The maximum atomic E-state index is 6.13. The second kappa shape index (κ2) is 5.56. The molecule has 1 unspecified atom stereocenters. The van der Waals surface area contributed by atoms with E-state index in [1.807, 2.05) is 6.92 Å². The first-order valence-corrected chi connectivity index (χ1v) is 7.43. The van der Waals surface area contributed by atoms with Gasteiger partial charge < -0.3 is 10.6 Å². The molecular formula is C12H21IN4. The summed E-state index contributed by atoms with van der Waals surface area (Å²) in [5, 5.41) is 4.59. The van der Waals surface area contributed by atoms with Gasteiger partial charge in [0.15, 0.2) is 0 Å². The molecule has 0 radical (unpaired) electrons. The van der Waals surface area contributed by atoms with Crippen molar-refractivity contribution >= 4 is 28.4 Å². The van der Waals surface area contributed by atoms with Gasteiger partial charge >= 0.3 is 0 Å². The summed E-state index contributed by atoms with van der Waals surface area (Å²) in [5.74, 6) is 0.845. The molecule has 1 fully saturated rings. The highest BCUT2D eigenvalue weighted by molar-refractivity contribution is 14.1. The third-order valence-electron chi connectivity index (χ3n) is 3.63. The molecule has 96 valence electrons. The van der Waals surface area contributed by atoms with E-state index in [0.29, 0.717) is 6.04 Å². The van der Waals surface area contributed by atoms with E-state index in [9.17, 15) is 0 Å². The molecule has 2 rings (SSSR count). The number of anilines is 1. The van der Waals surface area contributed by atoms with Gasteiger partial charge in [0.2, 0.25) is 0 Å². The van der Waals surface area contributed by atoms with E-state index >= 15 is 0 Å². The molecule has 0 amide bonds. The van der Waals surface area contributed by atoms with Gasteiger partial charge in [-0.05, 0) is 61.9 Å². The number of hydrogen-bond donors (Lipinski definition) is 1. The zero-order chi connectivity index (χ0) is 12.4. The maximum absolute atomic E-state index is 6.13. The van der Waals surface area contributed by atoms with Crippen molar-refractivity contribution in [2.75, 3.05) is 25.4 Å². The van der Waals surface area contributed by atoms with Crippen molar-refractivity contribution in [3.8, 4) is 0 Å². The topological polar surface area (TPSA) is 47.1 Å². The van der Waals surface area contributed by atoms with Crippen molar-refractivity contribution in [1.29, 1.82) is 0 Å². The summed E-state index contributed by atoms with van der Waals surface area (Å²) in [6.45, 7) is 7.79. The number of aromatic nitrogens is 2. The van der Waals surface area contributed by atoms with Gasteiger partial charge in [0.05, 0.1) is 15.3 Å². The summed E-state index contributed by atoms with van der Waals surface area (Å²) < 4.78 is 3.16. The highest BCUT2D eigenvalue weighted by Gasteiger charge is 2.21. The van der Waals surface area contributed by atoms with Crippen LogP contribution in [-0.2, 0) is 0 Å². The maximum Gasteiger partial charge on any atom is 0.135 e. The molecule has 0 aromatic carbocycles. The Kier molecular flexibility index (Phi) is 4.30. The van der Waals surface area contributed by atoms with Gasteiger partial charge in [0.1, 0.15) is 5.82 Å². The van der Waals surface area contributed by atoms with Crippen LogP contribution in [0.1, 0.15) is 37.9 Å². The van der Waals surface area contributed by atoms with E-state index < -0.39 is 0 Å². The number of hydrogen-bond acceptors (Lipinski definition) is 3. The fourth-order valence-electron chi connectivity index (χ4n) is 2.52. The first-order valence-electron chi connectivity index (χ1n) is 6.36. The molecule has 1 aromatic heterocycles. The van der Waals surface area contributed by atoms with Gasteiger partial charge in [-0.3, -0.25) is 0 Å². The van der Waals surface area contributed by atoms with Gasteiger partial charge in [-0.15, -0.1) is 0 Å². The standard InChI is InChI=1S/C12H21IN4/c1-3-16-7-4-5-10(6-8-16)17-12(14)11(13)9(2)15-17/h10H,3-8,14H2,1-2H3. The smallest absolute Gasteiger partial charge is 0.135 e. The molecule has 0 aliphatic carbocycles. The van der Waals surface area contributed by atoms with Gasteiger partial charge in [-0.1, -0.05) is 6.92 Å². The van der Waals surface area contributed by atoms with Crippen LogP contribution < -0.4 is 5.73 Å². The minimum atomic E-state index is 0.480. The van der Waals surface area contributed by atoms with Crippen LogP contribution in [0.4, 0.5) is 5.82 Å². The average Bonchev–Trinajstić information content (AvgIpc) is 2.55. The number of aryl methyl sites for hydroxylation is 1. The number of likely N-dealkylation sites (tertiary alicyclic amines) is 1. The molecule has 1 saturated heterocycles. The van der Waals surface area contributed by atoms with Crippen LogP contribution in [0.25, 0.3) is 0 Å². The predicted molar refractivity (Wildman–Crippen MR) is 79.1 cm³/mol. The third-order valence-corrected chi connectivity index (χ3v) is 4.96. The Morgan fingerprint density at radius 2 is 2.18 bits per heavy atom. The van der Waals surface area contributed by atoms with Crippen molar-refractivity contribution in [2.45, 2.75) is 39.2 Å². The minimum Gasteiger partial charge on any atom is -0.383 e. The normalized spacial score (nSPS) is 22.6. The monoisotopic (exact) mass is 348 g/mol. The first kappa shape index (κ1) is 13.1. The van der Waals surface area contributed by atoms with E-state index in [0.717, 1.165) is 34.6 Å². The molecule has 2 heterocycles. The minimum absolute atomic E-state index is 0.480. The lowest BCUT2D eigenvalue weighted by atomic mass is 10.1. The van der Waals surface area contributed by atoms with E-state index in [1.165, 1.54) is 19.4 Å². The lowest BCUT2D eigenvalue weighted by Crippen LogP contribution is -2.24. The van der Waals surface area contributed by atoms with Crippen molar-refractivity contribution < 1.29 is 0 Å². The zero-order valence-electron chi connectivity index (χ0n) is 10.6. The van der Waals surface area contributed by atoms with Crippen LogP contribution in [-0.4, -0.2) is 34.3 Å². The van der Waals surface area contributed by atoms with Crippen LogP contribution >= 0.6 is 22.6 Å². The Balaban J connectivity index is 2.14. The Hall–Kier alpha value is -0.300. The van der Waals surface area contributed by atoms with E-state index in [-0.39, 0.29) is 0 Å². The van der Waals surface area contributed by atoms with Crippen LogP contribution in [0.3, 0.4) is 0 Å². The number of nitrogen functional groups attached to an aromatic ring is 1. The van der Waals surface area contributed by atoms with Crippen molar-refractivity contribution in [2.24, 2.45) is 0 Å². The highest BCUT2D eigenvalue weighted by atomic mass is 127. The Morgan fingerprint density at radius 3 is 2.76 bits per heavy atom. The fourth-order valence-corrected chi connectivity index (χ4v) is 2.88. The average molecular weight is 348 g/mol. The lowest BCUT2D eigenvalue weighted by Gasteiger charge is -2.18. The van der Waals surface area contributed by atoms with Gasteiger partial charge in [0.25, 0.3) is 0 Å². The number of halogens is 1.